The van der Waals surface area contributed by atoms with E-state index in [9.17, 15) is 9.59 Å². The van der Waals surface area contributed by atoms with Gasteiger partial charge in [-0.05, 0) is 25.5 Å². The number of carbonyl (C=O) groups excluding carboxylic acids is 1. The van der Waals surface area contributed by atoms with E-state index >= 15 is 0 Å². The van der Waals surface area contributed by atoms with E-state index in [1.54, 1.807) is 7.05 Å². The van der Waals surface area contributed by atoms with Crippen LogP contribution in [0.15, 0.2) is 23.1 Å². The smallest absolute Gasteiger partial charge is 0.305 e. The van der Waals surface area contributed by atoms with Crippen molar-refractivity contribution in [3.05, 3.63) is 29.3 Å². The Bertz CT molecular complexity index is 474. The van der Waals surface area contributed by atoms with Gasteiger partial charge in [0.2, 0.25) is 5.91 Å². The second-order valence-electron chi connectivity index (χ2n) is 4.52. The monoisotopic (exact) mass is 281 g/mol. The van der Waals surface area contributed by atoms with E-state index in [0.29, 0.717) is 5.75 Å². The maximum Gasteiger partial charge on any atom is 0.305 e. The van der Waals surface area contributed by atoms with Crippen LogP contribution in [0.4, 0.5) is 0 Å². The summed E-state index contributed by atoms with van der Waals surface area (Å²) in [5, 5.41) is 8.57. The summed E-state index contributed by atoms with van der Waals surface area (Å²) in [7, 11) is 1.63. The van der Waals surface area contributed by atoms with Gasteiger partial charge in [0.1, 0.15) is 0 Å². The van der Waals surface area contributed by atoms with Gasteiger partial charge in [0.25, 0.3) is 0 Å². The van der Waals surface area contributed by atoms with Crippen molar-refractivity contribution in [3.8, 4) is 0 Å². The van der Waals surface area contributed by atoms with Gasteiger partial charge in [-0.3, -0.25) is 9.59 Å². The highest BCUT2D eigenvalue weighted by Crippen LogP contribution is 2.23. The first kappa shape index (κ1) is 15.6. The van der Waals surface area contributed by atoms with Crippen molar-refractivity contribution in [2.24, 2.45) is 0 Å². The van der Waals surface area contributed by atoms with Gasteiger partial charge in [-0.1, -0.05) is 17.7 Å². The number of aliphatic carboxylic acids is 1. The number of carboxylic acids is 1. The zero-order valence-electron chi connectivity index (χ0n) is 11.5. The number of hydrogen-bond donors (Lipinski definition) is 1. The van der Waals surface area contributed by atoms with Gasteiger partial charge >= 0.3 is 5.97 Å². The van der Waals surface area contributed by atoms with Gasteiger partial charge in [-0.25, -0.2) is 0 Å². The molecule has 0 saturated carbocycles. The van der Waals surface area contributed by atoms with Crippen molar-refractivity contribution in [1.82, 2.24) is 4.90 Å². The molecule has 0 unspecified atom stereocenters. The number of amides is 1. The Morgan fingerprint density at radius 3 is 2.58 bits per heavy atom. The van der Waals surface area contributed by atoms with Gasteiger partial charge in [0.15, 0.2) is 0 Å². The minimum atomic E-state index is -0.887. The fourth-order valence-electron chi connectivity index (χ4n) is 1.60. The van der Waals surface area contributed by atoms with Crippen molar-refractivity contribution >= 4 is 23.6 Å². The van der Waals surface area contributed by atoms with E-state index < -0.39 is 5.97 Å². The molecule has 0 bridgehead atoms. The Kier molecular flexibility index (Phi) is 5.89. The van der Waals surface area contributed by atoms with Gasteiger partial charge in [0.05, 0.1) is 12.2 Å². The lowest BCUT2D eigenvalue weighted by Crippen LogP contribution is -2.30. The van der Waals surface area contributed by atoms with Crippen LogP contribution in [0.1, 0.15) is 17.5 Å². The average molecular weight is 281 g/mol. The van der Waals surface area contributed by atoms with E-state index in [1.165, 1.54) is 22.2 Å². The lowest BCUT2D eigenvalue weighted by Gasteiger charge is -2.16. The number of benzene rings is 1. The van der Waals surface area contributed by atoms with Crippen LogP contribution in [0.5, 0.6) is 0 Å². The molecule has 19 heavy (non-hydrogen) atoms. The summed E-state index contributed by atoms with van der Waals surface area (Å²) in [6.07, 6.45) is -0.0174. The first-order valence-corrected chi connectivity index (χ1v) is 7.04. The molecule has 5 heteroatoms. The molecule has 1 aromatic rings. The van der Waals surface area contributed by atoms with Crippen molar-refractivity contribution in [2.75, 3.05) is 19.3 Å². The molecule has 0 aromatic heterocycles. The fourth-order valence-corrected chi connectivity index (χ4v) is 2.55. The summed E-state index contributed by atoms with van der Waals surface area (Å²) in [6, 6.07) is 6.12. The molecule has 1 rings (SSSR count). The number of carbonyl (C=O) groups is 2. The second kappa shape index (κ2) is 7.19. The predicted molar refractivity (Wildman–Crippen MR) is 76.5 cm³/mol. The predicted octanol–water partition coefficient (Wildman–Crippen LogP) is 2.33. The summed E-state index contributed by atoms with van der Waals surface area (Å²) in [5.74, 6) is -0.604. The molecular weight excluding hydrogens is 262 g/mol. The molecule has 0 atom stereocenters. The standard InChI is InChI=1S/C14H19NO3S/c1-10-4-5-12(11(2)8-10)19-9-13(16)15(3)7-6-14(17)18/h4-5,8H,6-7,9H2,1-3H3,(H,17,18). The normalized spacial score (nSPS) is 10.3. The summed E-state index contributed by atoms with van der Waals surface area (Å²) in [6.45, 7) is 4.31. The molecule has 1 aromatic carbocycles. The van der Waals surface area contributed by atoms with Crippen LogP contribution in [0.25, 0.3) is 0 Å². The van der Waals surface area contributed by atoms with Crippen LogP contribution in [0.3, 0.4) is 0 Å². The topological polar surface area (TPSA) is 57.6 Å². The van der Waals surface area contributed by atoms with Gasteiger partial charge in [-0.15, -0.1) is 11.8 Å². The van der Waals surface area contributed by atoms with E-state index in [-0.39, 0.29) is 18.9 Å². The molecule has 0 aliphatic rings. The number of rotatable bonds is 6. The van der Waals surface area contributed by atoms with Gasteiger partial charge in [0, 0.05) is 18.5 Å². The molecular formula is C14H19NO3S. The molecule has 0 aliphatic heterocycles. The molecule has 1 N–H and O–H groups in total. The molecule has 0 heterocycles. The third-order valence-corrected chi connectivity index (χ3v) is 3.93. The van der Waals surface area contributed by atoms with Crippen LogP contribution in [-0.2, 0) is 9.59 Å². The van der Waals surface area contributed by atoms with Crippen LogP contribution >= 0.6 is 11.8 Å². The third kappa shape index (κ3) is 5.34. The molecule has 0 radical (unpaired) electrons. The Labute approximate surface area is 117 Å². The molecule has 0 spiro atoms. The van der Waals surface area contributed by atoms with Gasteiger partial charge in [-0.2, -0.15) is 0 Å². The van der Waals surface area contributed by atoms with E-state index in [0.717, 1.165) is 10.5 Å². The fraction of sp³-hybridized carbons (Fsp3) is 0.429. The van der Waals surface area contributed by atoms with Crippen molar-refractivity contribution in [3.63, 3.8) is 0 Å². The largest absolute Gasteiger partial charge is 0.481 e. The van der Waals surface area contributed by atoms with Crippen molar-refractivity contribution in [1.29, 1.82) is 0 Å². The summed E-state index contributed by atoms with van der Waals surface area (Å²) in [5.41, 5.74) is 2.36. The quantitative estimate of drug-likeness (QED) is 0.813. The van der Waals surface area contributed by atoms with Crippen LogP contribution in [0, 0.1) is 13.8 Å². The number of carboxylic acid groups (broad SMARTS) is 1. The Morgan fingerprint density at radius 2 is 2.00 bits per heavy atom. The van der Waals surface area contributed by atoms with Crippen LogP contribution < -0.4 is 0 Å². The van der Waals surface area contributed by atoms with E-state index in [1.807, 2.05) is 26.0 Å². The molecule has 0 saturated heterocycles. The number of nitrogens with zero attached hydrogens (tertiary/aromatic N) is 1. The number of hydrogen-bond acceptors (Lipinski definition) is 3. The number of aryl methyl sites for hydroxylation is 2. The molecule has 104 valence electrons. The lowest BCUT2D eigenvalue weighted by atomic mass is 10.2. The Hall–Kier alpha value is -1.49. The second-order valence-corrected chi connectivity index (χ2v) is 5.53. The van der Waals surface area contributed by atoms with E-state index in [4.69, 9.17) is 5.11 Å². The highest BCUT2D eigenvalue weighted by molar-refractivity contribution is 8.00. The zero-order chi connectivity index (χ0) is 14.4. The third-order valence-electron chi connectivity index (χ3n) is 2.77. The highest BCUT2D eigenvalue weighted by atomic mass is 32.2. The maximum absolute atomic E-state index is 11.8. The van der Waals surface area contributed by atoms with Crippen LogP contribution in [0.2, 0.25) is 0 Å². The first-order valence-electron chi connectivity index (χ1n) is 6.06. The zero-order valence-corrected chi connectivity index (χ0v) is 12.3. The van der Waals surface area contributed by atoms with Crippen LogP contribution in [-0.4, -0.2) is 41.2 Å². The summed E-state index contributed by atoms with van der Waals surface area (Å²) in [4.78, 5) is 24.8. The molecule has 1 amide bonds. The summed E-state index contributed by atoms with van der Waals surface area (Å²) < 4.78 is 0. The average Bonchev–Trinajstić information content (AvgIpc) is 2.34. The van der Waals surface area contributed by atoms with Crippen molar-refractivity contribution in [2.45, 2.75) is 25.2 Å². The molecule has 0 aliphatic carbocycles. The Morgan fingerprint density at radius 1 is 1.32 bits per heavy atom. The first-order chi connectivity index (χ1) is 8.90. The highest BCUT2D eigenvalue weighted by Gasteiger charge is 2.11. The minimum absolute atomic E-state index is 0.0174. The number of thioether (sulfide) groups is 1. The van der Waals surface area contributed by atoms with E-state index in [2.05, 4.69) is 6.07 Å². The molecule has 0 fully saturated rings. The lowest BCUT2D eigenvalue weighted by molar-refractivity contribution is -0.137. The minimum Gasteiger partial charge on any atom is -0.481 e. The summed E-state index contributed by atoms with van der Waals surface area (Å²) >= 11 is 1.49. The SMILES string of the molecule is Cc1ccc(SCC(=O)N(C)CCC(=O)O)c(C)c1. The van der Waals surface area contributed by atoms with Crippen molar-refractivity contribution < 1.29 is 14.7 Å². The molecule has 4 nitrogen and oxygen atoms in total. The Balaban J connectivity index is 2.47. The van der Waals surface area contributed by atoms with Gasteiger partial charge < -0.3 is 10.0 Å². The maximum atomic E-state index is 11.8.